The number of rotatable bonds is 3. The van der Waals surface area contributed by atoms with Crippen LogP contribution in [0.5, 0.6) is 0 Å². The Bertz CT molecular complexity index is 835. The molecule has 0 amide bonds. The Hall–Kier alpha value is -2.88. The van der Waals surface area contributed by atoms with Crippen LogP contribution in [0.15, 0.2) is 48.8 Å². The molecule has 23 heavy (non-hydrogen) atoms. The molecule has 0 radical (unpaired) electrons. The van der Waals surface area contributed by atoms with Crippen molar-refractivity contribution in [3.8, 4) is 11.3 Å². The summed E-state index contributed by atoms with van der Waals surface area (Å²) in [7, 11) is 0. The lowest BCUT2D eigenvalue weighted by molar-refractivity contribution is 1.17. The number of aromatic nitrogens is 2. The first-order valence-corrected chi connectivity index (χ1v) is 7.57. The zero-order valence-corrected chi connectivity index (χ0v) is 13.6. The van der Waals surface area contributed by atoms with Crippen LogP contribution in [0.25, 0.3) is 11.3 Å². The van der Waals surface area contributed by atoms with Crippen LogP contribution in [0, 0.1) is 20.8 Å². The van der Waals surface area contributed by atoms with Crippen molar-refractivity contribution in [2.45, 2.75) is 20.8 Å². The molecule has 3 rings (SSSR count). The van der Waals surface area contributed by atoms with Gasteiger partial charge in [0.1, 0.15) is 12.0 Å². The fourth-order valence-corrected chi connectivity index (χ4v) is 2.68. The molecule has 0 bridgehead atoms. The summed E-state index contributed by atoms with van der Waals surface area (Å²) < 4.78 is 0. The molecule has 3 aromatic rings. The van der Waals surface area contributed by atoms with E-state index < -0.39 is 0 Å². The van der Waals surface area contributed by atoms with E-state index in [2.05, 4.69) is 54.3 Å². The summed E-state index contributed by atoms with van der Waals surface area (Å²) in [5.41, 5.74) is 13.2. The number of anilines is 3. The smallest absolute Gasteiger partial charge is 0.157 e. The van der Waals surface area contributed by atoms with Crippen LogP contribution < -0.4 is 11.1 Å². The Labute approximate surface area is 136 Å². The van der Waals surface area contributed by atoms with Gasteiger partial charge in [-0.2, -0.15) is 0 Å². The third-order valence-corrected chi connectivity index (χ3v) is 4.01. The Kier molecular flexibility index (Phi) is 3.98. The van der Waals surface area contributed by atoms with Crippen molar-refractivity contribution in [1.29, 1.82) is 0 Å². The largest absolute Gasteiger partial charge is 0.394 e. The summed E-state index contributed by atoms with van der Waals surface area (Å²) in [6.45, 7) is 6.18. The highest BCUT2D eigenvalue weighted by atomic mass is 15.0. The van der Waals surface area contributed by atoms with Gasteiger partial charge in [-0.3, -0.25) is 0 Å². The Morgan fingerprint density at radius 3 is 2.17 bits per heavy atom. The number of hydrogen-bond donors (Lipinski definition) is 2. The van der Waals surface area contributed by atoms with Crippen LogP contribution in [-0.4, -0.2) is 9.97 Å². The van der Waals surface area contributed by atoms with Crippen LogP contribution in [0.3, 0.4) is 0 Å². The number of nitrogens with zero attached hydrogens (tertiary/aromatic N) is 2. The number of nitrogens with one attached hydrogen (secondary N) is 1. The lowest BCUT2D eigenvalue weighted by Gasteiger charge is -2.15. The second kappa shape index (κ2) is 6.08. The molecule has 0 saturated carbocycles. The van der Waals surface area contributed by atoms with Crippen molar-refractivity contribution >= 4 is 17.2 Å². The van der Waals surface area contributed by atoms with Crippen LogP contribution in [0.4, 0.5) is 17.2 Å². The van der Waals surface area contributed by atoms with E-state index >= 15 is 0 Å². The summed E-state index contributed by atoms with van der Waals surface area (Å²) in [4.78, 5) is 8.70. The van der Waals surface area contributed by atoms with E-state index in [9.17, 15) is 0 Å². The SMILES string of the molecule is Cc1ccccc1-c1ncnc(Nc2c(C)cccc2C)c1N. The van der Waals surface area contributed by atoms with Gasteiger partial charge in [-0.15, -0.1) is 0 Å². The molecule has 4 nitrogen and oxygen atoms in total. The van der Waals surface area contributed by atoms with Crippen molar-refractivity contribution in [3.63, 3.8) is 0 Å². The van der Waals surface area contributed by atoms with E-state index in [-0.39, 0.29) is 0 Å². The third-order valence-electron chi connectivity index (χ3n) is 4.01. The summed E-state index contributed by atoms with van der Waals surface area (Å²) in [5.74, 6) is 0.635. The van der Waals surface area contributed by atoms with E-state index in [1.165, 1.54) is 0 Å². The summed E-state index contributed by atoms with van der Waals surface area (Å²) in [6.07, 6.45) is 1.55. The molecule has 116 valence electrons. The Balaban J connectivity index is 2.06. The molecule has 0 unspecified atom stereocenters. The molecule has 3 N–H and O–H groups in total. The standard InChI is InChI=1S/C19H20N4/c1-12-7-4-5-10-15(12)18-16(20)19(22-11-21-18)23-17-13(2)8-6-9-14(17)3/h4-11H,20H2,1-3H3,(H,21,22,23). The van der Waals surface area contributed by atoms with Gasteiger partial charge in [0.05, 0.1) is 5.69 Å². The van der Waals surface area contributed by atoms with E-state index in [0.29, 0.717) is 11.5 Å². The summed E-state index contributed by atoms with van der Waals surface area (Å²) >= 11 is 0. The number of nitrogens with two attached hydrogens (primary N) is 1. The monoisotopic (exact) mass is 304 g/mol. The average molecular weight is 304 g/mol. The second-order valence-electron chi connectivity index (χ2n) is 5.69. The van der Waals surface area contributed by atoms with Crippen molar-refractivity contribution in [1.82, 2.24) is 9.97 Å². The minimum absolute atomic E-state index is 0.560. The number of benzene rings is 2. The van der Waals surface area contributed by atoms with E-state index in [4.69, 9.17) is 5.73 Å². The molecule has 0 fully saturated rings. The zero-order valence-electron chi connectivity index (χ0n) is 13.6. The maximum atomic E-state index is 6.34. The number of hydrogen-bond acceptors (Lipinski definition) is 4. The van der Waals surface area contributed by atoms with Gasteiger partial charge in [-0.25, -0.2) is 9.97 Å². The molecule has 2 aromatic carbocycles. The van der Waals surface area contributed by atoms with Gasteiger partial charge in [-0.05, 0) is 37.5 Å². The van der Waals surface area contributed by atoms with Gasteiger partial charge in [0.25, 0.3) is 0 Å². The molecule has 0 aliphatic rings. The normalized spacial score (nSPS) is 10.6. The highest BCUT2D eigenvalue weighted by Gasteiger charge is 2.13. The second-order valence-corrected chi connectivity index (χ2v) is 5.69. The summed E-state index contributed by atoms with van der Waals surface area (Å²) in [5, 5.41) is 3.36. The molecular formula is C19H20N4. The van der Waals surface area contributed by atoms with Crippen LogP contribution in [0.1, 0.15) is 16.7 Å². The maximum absolute atomic E-state index is 6.34. The van der Waals surface area contributed by atoms with E-state index in [1.54, 1.807) is 6.33 Å². The van der Waals surface area contributed by atoms with Gasteiger partial charge in [-0.1, -0.05) is 42.5 Å². The fourth-order valence-electron chi connectivity index (χ4n) is 2.68. The maximum Gasteiger partial charge on any atom is 0.157 e. The highest BCUT2D eigenvalue weighted by molar-refractivity contribution is 5.84. The van der Waals surface area contributed by atoms with Crippen molar-refractivity contribution in [2.24, 2.45) is 0 Å². The average Bonchev–Trinajstić information content (AvgIpc) is 2.53. The first kappa shape index (κ1) is 15.0. The Morgan fingerprint density at radius 2 is 1.48 bits per heavy atom. The predicted octanol–water partition coefficient (Wildman–Crippen LogP) is 4.39. The van der Waals surface area contributed by atoms with Crippen LogP contribution in [0.2, 0.25) is 0 Å². The zero-order chi connectivity index (χ0) is 16.4. The van der Waals surface area contributed by atoms with Crippen molar-refractivity contribution < 1.29 is 0 Å². The molecular weight excluding hydrogens is 284 g/mol. The fraction of sp³-hybridized carbons (Fsp3) is 0.158. The molecule has 0 aliphatic carbocycles. The predicted molar refractivity (Wildman–Crippen MR) is 95.8 cm³/mol. The van der Waals surface area contributed by atoms with Crippen LogP contribution >= 0.6 is 0 Å². The molecule has 0 aliphatic heterocycles. The highest BCUT2D eigenvalue weighted by Crippen LogP contribution is 2.32. The first-order chi connectivity index (χ1) is 11.1. The lowest BCUT2D eigenvalue weighted by atomic mass is 10.0. The van der Waals surface area contributed by atoms with Gasteiger partial charge in [0, 0.05) is 11.3 Å². The minimum Gasteiger partial charge on any atom is -0.394 e. The molecule has 0 spiro atoms. The van der Waals surface area contributed by atoms with E-state index in [1.807, 2.05) is 24.3 Å². The molecule has 0 atom stereocenters. The van der Waals surface area contributed by atoms with Crippen LogP contribution in [-0.2, 0) is 0 Å². The molecule has 0 saturated heterocycles. The number of para-hydroxylation sites is 1. The van der Waals surface area contributed by atoms with Crippen molar-refractivity contribution in [2.75, 3.05) is 11.1 Å². The quantitative estimate of drug-likeness (QED) is 0.753. The van der Waals surface area contributed by atoms with Gasteiger partial charge in [0.2, 0.25) is 0 Å². The first-order valence-electron chi connectivity index (χ1n) is 7.57. The third kappa shape index (κ3) is 2.88. The van der Waals surface area contributed by atoms with Crippen molar-refractivity contribution in [3.05, 3.63) is 65.5 Å². The van der Waals surface area contributed by atoms with Gasteiger partial charge in [0.15, 0.2) is 5.82 Å². The molecule has 1 aromatic heterocycles. The lowest BCUT2D eigenvalue weighted by Crippen LogP contribution is -2.05. The van der Waals surface area contributed by atoms with Gasteiger partial charge < -0.3 is 11.1 Å². The molecule has 4 heteroatoms. The Morgan fingerprint density at radius 1 is 0.826 bits per heavy atom. The van der Waals surface area contributed by atoms with Gasteiger partial charge >= 0.3 is 0 Å². The van der Waals surface area contributed by atoms with E-state index in [0.717, 1.165) is 33.6 Å². The molecule has 1 heterocycles. The number of aryl methyl sites for hydroxylation is 3. The number of nitrogen functional groups attached to an aromatic ring is 1. The topological polar surface area (TPSA) is 63.8 Å². The summed E-state index contributed by atoms with van der Waals surface area (Å²) in [6, 6.07) is 14.2. The minimum atomic E-state index is 0.560.